The molecule has 2 aromatic rings. The quantitative estimate of drug-likeness (QED) is 0.910. The van der Waals surface area contributed by atoms with E-state index in [0.717, 1.165) is 6.54 Å². The maximum Gasteiger partial charge on any atom is 0.0994 e. The Balaban J connectivity index is 1.98. The standard InChI is InChI=1S/C16H21N3/c1-12(2)13-5-3-6-14(9-13)19-11-17-10-16(19)15-7-4-8-18-15/h3,5-6,9-12,15,18H,4,7-8H2,1-2H3. The molecule has 1 N–H and O–H groups in total. The number of rotatable bonds is 3. The molecular formula is C16H21N3. The number of benzene rings is 1. The molecule has 1 aromatic heterocycles. The average molecular weight is 255 g/mol. The molecule has 1 unspecified atom stereocenters. The topological polar surface area (TPSA) is 29.9 Å². The van der Waals surface area contributed by atoms with Gasteiger partial charge in [-0.1, -0.05) is 26.0 Å². The highest BCUT2D eigenvalue weighted by Crippen LogP contribution is 2.26. The molecule has 0 bridgehead atoms. The van der Waals surface area contributed by atoms with Crippen LogP contribution in [-0.4, -0.2) is 16.1 Å². The minimum atomic E-state index is 0.449. The van der Waals surface area contributed by atoms with Crippen molar-refractivity contribution in [3.05, 3.63) is 48.0 Å². The predicted octanol–water partition coefficient (Wildman–Crippen LogP) is 3.42. The van der Waals surface area contributed by atoms with Gasteiger partial charge in [-0.3, -0.25) is 0 Å². The summed E-state index contributed by atoms with van der Waals surface area (Å²) in [5, 5.41) is 3.55. The zero-order chi connectivity index (χ0) is 13.2. The van der Waals surface area contributed by atoms with E-state index in [4.69, 9.17) is 0 Å². The molecule has 0 aliphatic carbocycles. The van der Waals surface area contributed by atoms with Crippen LogP contribution in [-0.2, 0) is 0 Å². The van der Waals surface area contributed by atoms with Crippen LogP contribution in [0, 0.1) is 0 Å². The maximum absolute atomic E-state index is 4.34. The van der Waals surface area contributed by atoms with Crippen LogP contribution in [0.5, 0.6) is 0 Å². The highest BCUT2D eigenvalue weighted by Gasteiger charge is 2.20. The third kappa shape index (κ3) is 2.43. The van der Waals surface area contributed by atoms with Crippen molar-refractivity contribution in [2.45, 2.75) is 38.6 Å². The van der Waals surface area contributed by atoms with Crippen LogP contribution >= 0.6 is 0 Å². The van der Waals surface area contributed by atoms with Crippen molar-refractivity contribution in [2.75, 3.05) is 6.54 Å². The van der Waals surface area contributed by atoms with Gasteiger partial charge < -0.3 is 9.88 Å². The first-order chi connectivity index (χ1) is 9.25. The largest absolute Gasteiger partial charge is 0.309 e. The normalized spacial score (nSPS) is 19.2. The highest BCUT2D eigenvalue weighted by atomic mass is 15.1. The monoisotopic (exact) mass is 255 g/mol. The van der Waals surface area contributed by atoms with Crippen LogP contribution in [0.25, 0.3) is 5.69 Å². The summed E-state index contributed by atoms with van der Waals surface area (Å²) in [5.41, 5.74) is 3.86. The number of hydrogen-bond donors (Lipinski definition) is 1. The van der Waals surface area contributed by atoms with Gasteiger partial charge in [0.15, 0.2) is 0 Å². The highest BCUT2D eigenvalue weighted by molar-refractivity contribution is 5.39. The number of nitrogens with one attached hydrogen (secondary N) is 1. The second-order valence-corrected chi connectivity index (χ2v) is 5.59. The Hall–Kier alpha value is -1.61. The summed E-state index contributed by atoms with van der Waals surface area (Å²) >= 11 is 0. The Morgan fingerprint density at radius 3 is 3.00 bits per heavy atom. The van der Waals surface area contributed by atoms with Gasteiger partial charge in [0.2, 0.25) is 0 Å². The van der Waals surface area contributed by atoms with Gasteiger partial charge in [0.05, 0.1) is 18.2 Å². The Morgan fingerprint density at radius 2 is 2.26 bits per heavy atom. The van der Waals surface area contributed by atoms with Gasteiger partial charge in [0, 0.05) is 11.7 Å². The van der Waals surface area contributed by atoms with Crippen molar-refractivity contribution in [3.8, 4) is 5.69 Å². The molecule has 1 aliphatic rings. The molecule has 2 heterocycles. The lowest BCUT2D eigenvalue weighted by Crippen LogP contribution is -2.16. The van der Waals surface area contributed by atoms with Gasteiger partial charge in [-0.15, -0.1) is 0 Å². The van der Waals surface area contributed by atoms with Gasteiger partial charge >= 0.3 is 0 Å². The number of nitrogens with zero attached hydrogens (tertiary/aromatic N) is 2. The maximum atomic E-state index is 4.34. The first-order valence-corrected chi connectivity index (χ1v) is 7.11. The zero-order valence-electron chi connectivity index (χ0n) is 11.6. The van der Waals surface area contributed by atoms with Crippen molar-refractivity contribution in [2.24, 2.45) is 0 Å². The lowest BCUT2D eigenvalue weighted by Gasteiger charge is -2.15. The van der Waals surface area contributed by atoms with E-state index in [1.165, 1.54) is 29.8 Å². The van der Waals surface area contributed by atoms with Gasteiger partial charge in [-0.25, -0.2) is 4.98 Å². The molecule has 3 heteroatoms. The first-order valence-electron chi connectivity index (χ1n) is 7.11. The fraction of sp³-hybridized carbons (Fsp3) is 0.438. The van der Waals surface area contributed by atoms with E-state index < -0.39 is 0 Å². The molecule has 3 rings (SSSR count). The van der Waals surface area contributed by atoms with E-state index in [1.807, 2.05) is 12.5 Å². The fourth-order valence-corrected chi connectivity index (χ4v) is 2.75. The van der Waals surface area contributed by atoms with E-state index in [0.29, 0.717) is 12.0 Å². The summed E-state index contributed by atoms with van der Waals surface area (Å²) < 4.78 is 2.22. The molecule has 0 radical (unpaired) electrons. The van der Waals surface area contributed by atoms with Crippen LogP contribution < -0.4 is 5.32 Å². The van der Waals surface area contributed by atoms with Crippen LogP contribution in [0.15, 0.2) is 36.8 Å². The van der Waals surface area contributed by atoms with Gasteiger partial charge in [-0.05, 0) is 43.0 Å². The van der Waals surface area contributed by atoms with E-state index in [9.17, 15) is 0 Å². The lowest BCUT2D eigenvalue weighted by atomic mass is 10.0. The summed E-state index contributed by atoms with van der Waals surface area (Å²) in [6, 6.07) is 9.21. The van der Waals surface area contributed by atoms with E-state index >= 15 is 0 Å². The van der Waals surface area contributed by atoms with Crippen molar-refractivity contribution in [1.82, 2.24) is 14.9 Å². The molecule has 0 saturated carbocycles. The van der Waals surface area contributed by atoms with Gasteiger partial charge in [-0.2, -0.15) is 0 Å². The molecular weight excluding hydrogens is 234 g/mol. The summed E-state index contributed by atoms with van der Waals surface area (Å²) in [7, 11) is 0. The second kappa shape index (κ2) is 5.17. The number of hydrogen-bond acceptors (Lipinski definition) is 2. The van der Waals surface area contributed by atoms with E-state index in [2.05, 4.69) is 53.0 Å². The van der Waals surface area contributed by atoms with Crippen LogP contribution in [0.4, 0.5) is 0 Å². The van der Waals surface area contributed by atoms with Crippen molar-refractivity contribution < 1.29 is 0 Å². The molecule has 1 aliphatic heterocycles. The molecule has 1 atom stereocenters. The summed E-state index contributed by atoms with van der Waals surface area (Å²) in [5.74, 6) is 0.552. The SMILES string of the molecule is CC(C)c1cccc(-n2cncc2C2CCCN2)c1. The fourth-order valence-electron chi connectivity index (χ4n) is 2.75. The summed E-state index contributed by atoms with van der Waals surface area (Å²) in [4.78, 5) is 4.34. The van der Waals surface area contributed by atoms with Crippen LogP contribution in [0.3, 0.4) is 0 Å². The van der Waals surface area contributed by atoms with Gasteiger partial charge in [0.25, 0.3) is 0 Å². The molecule has 100 valence electrons. The average Bonchev–Trinajstić information content (AvgIpc) is 3.09. The molecule has 1 fully saturated rings. The van der Waals surface area contributed by atoms with Crippen molar-refractivity contribution in [1.29, 1.82) is 0 Å². The Labute approximate surface area is 114 Å². The van der Waals surface area contributed by atoms with E-state index in [-0.39, 0.29) is 0 Å². The van der Waals surface area contributed by atoms with Crippen molar-refractivity contribution >= 4 is 0 Å². The Bertz CT molecular complexity index is 551. The third-order valence-electron chi connectivity index (χ3n) is 3.90. The molecule has 1 aromatic carbocycles. The summed E-state index contributed by atoms with van der Waals surface area (Å²) in [6.45, 7) is 5.57. The summed E-state index contributed by atoms with van der Waals surface area (Å²) in [6.07, 6.45) is 6.37. The van der Waals surface area contributed by atoms with Crippen LogP contribution in [0.2, 0.25) is 0 Å². The molecule has 0 spiro atoms. The molecule has 19 heavy (non-hydrogen) atoms. The van der Waals surface area contributed by atoms with Crippen molar-refractivity contribution in [3.63, 3.8) is 0 Å². The number of aromatic nitrogens is 2. The Morgan fingerprint density at radius 1 is 1.37 bits per heavy atom. The molecule has 0 amide bonds. The predicted molar refractivity (Wildman–Crippen MR) is 77.6 cm³/mol. The Kier molecular flexibility index (Phi) is 3.38. The minimum Gasteiger partial charge on any atom is -0.309 e. The minimum absolute atomic E-state index is 0.449. The molecule has 1 saturated heterocycles. The third-order valence-corrected chi connectivity index (χ3v) is 3.90. The zero-order valence-corrected chi connectivity index (χ0v) is 11.6. The number of imidazole rings is 1. The second-order valence-electron chi connectivity index (χ2n) is 5.59. The van der Waals surface area contributed by atoms with Crippen LogP contribution in [0.1, 0.15) is 49.9 Å². The van der Waals surface area contributed by atoms with E-state index in [1.54, 1.807) is 0 Å². The molecule has 3 nitrogen and oxygen atoms in total. The van der Waals surface area contributed by atoms with Gasteiger partial charge in [0.1, 0.15) is 0 Å². The lowest BCUT2D eigenvalue weighted by molar-refractivity contribution is 0.615. The smallest absolute Gasteiger partial charge is 0.0994 e. The first kappa shape index (κ1) is 12.4.